The van der Waals surface area contributed by atoms with Crippen LogP contribution in [0, 0.1) is 6.92 Å². The summed E-state index contributed by atoms with van der Waals surface area (Å²) in [5.41, 5.74) is 1.54. The molecule has 90 valence electrons. The molecule has 1 N–H and O–H groups in total. The van der Waals surface area contributed by atoms with Crippen molar-refractivity contribution in [1.29, 1.82) is 0 Å². The molecule has 0 aliphatic carbocycles. The average Bonchev–Trinajstić information content (AvgIpc) is 2.27. The molecule has 1 aromatic carbocycles. The first-order valence-corrected chi connectivity index (χ1v) is 6.19. The van der Waals surface area contributed by atoms with Gasteiger partial charge in [0, 0.05) is 9.50 Å². The van der Waals surface area contributed by atoms with Crippen LogP contribution in [0.4, 0.5) is 5.69 Å². The zero-order chi connectivity index (χ0) is 12.6. The molecule has 1 fully saturated rings. The fourth-order valence-electron chi connectivity index (χ4n) is 1.62. The second-order valence-electron chi connectivity index (χ2n) is 3.81. The number of aryl methyl sites for hydroxylation is 1. The highest BCUT2D eigenvalue weighted by molar-refractivity contribution is 9.10. The Balaban J connectivity index is 2.42. The number of carbonyl (C=O) groups is 2. The van der Waals surface area contributed by atoms with E-state index in [4.69, 9.17) is 11.6 Å². The predicted molar refractivity (Wildman–Crippen MR) is 69.3 cm³/mol. The van der Waals surface area contributed by atoms with Crippen LogP contribution in [0.2, 0.25) is 5.02 Å². The molecular weight excluding hydrogens is 307 g/mol. The summed E-state index contributed by atoms with van der Waals surface area (Å²) in [5, 5.41) is 3.07. The minimum Gasteiger partial charge on any atom is -0.345 e. The van der Waals surface area contributed by atoms with Crippen molar-refractivity contribution in [1.82, 2.24) is 5.32 Å². The van der Waals surface area contributed by atoms with Crippen molar-refractivity contribution in [3.63, 3.8) is 0 Å². The van der Waals surface area contributed by atoms with Gasteiger partial charge in [0.1, 0.15) is 6.54 Å². The summed E-state index contributed by atoms with van der Waals surface area (Å²) in [4.78, 5) is 24.5. The lowest BCUT2D eigenvalue weighted by Gasteiger charge is -2.27. The minimum atomic E-state index is -0.173. The van der Waals surface area contributed by atoms with Crippen LogP contribution in [0.25, 0.3) is 0 Å². The van der Waals surface area contributed by atoms with E-state index in [9.17, 15) is 9.59 Å². The van der Waals surface area contributed by atoms with Crippen molar-refractivity contribution in [2.45, 2.75) is 6.92 Å². The van der Waals surface area contributed by atoms with Crippen LogP contribution in [0.1, 0.15) is 5.56 Å². The van der Waals surface area contributed by atoms with E-state index >= 15 is 0 Å². The first-order valence-electron chi connectivity index (χ1n) is 5.02. The second kappa shape index (κ2) is 4.66. The first kappa shape index (κ1) is 12.4. The SMILES string of the molecule is Cc1cc(Br)c(N2CC(=O)NCC2=O)cc1Cl. The van der Waals surface area contributed by atoms with Crippen LogP contribution < -0.4 is 10.2 Å². The lowest BCUT2D eigenvalue weighted by molar-refractivity contribution is -0.128. The van der Waals surface area contributed by atoms with E-state index in [0.717, 1.165) is 10.0 Å². The molecule has 17 heavy (non-hydrogen) atoms. The quantitative estimate of drug-likeness (QED) is 0.860. The molecule has 2 rings (SSSR count). The van der Waals surface area contributed by atoms with Crippen molar-refractivity contribution in [2.24, 2.45) is 0 Å². The maximum atomic E-state index is 11.7. The Hall–Kier alpha value is -1.07. The van der Waals surface area contributed by atoms with Crippen molar-refractivity contribution in [3.8, 4) is 0 Å². The van der Waals surface area contributed by atoms with Gasteiger partial charge in [0.25, 0.3) is 0 Å². The Kier molecular flexibility index (Phi) is 3.40. The minimum absolute atomic E-state index is 0.0246. The predicted octanol–water partition coefficient (Wildman–Crippen LogP) is 1.87. The number of hydrogen-bond acceptors (Lipinski definition) is 2. The molecule has 0 unspecified atom stereocenters. The smallest absolute Gasteiger partial charge is 0.246 e. The summed E-state index contributed by atoms with van der Waals surface area (Å²) >= 11 is 9.41. The van der Waals surface area contributed by atoms with E-state index in [2.05, 4.69) is 21.2 Å². The third-order valence-electron chi connectivity index (χ3n) is 2.56. The summed E-state index contributed by atoms with van der Waals surface area (Å²) in [7, 11) is 0. The lowest BCUT2D eigenvalue weighted by atomic mass is 10.2. The van der Waals surface area contributed by atoms with E-state index in [1.807, 2.05) is 13.0 Å². The van der Waals surface area contributed by atoms with Gasteiger partial charge in [-0.15, -0.1) is 0 Å². The van der Waals surface area contributed by atoms with Gasteiger partial charge >= 0.3 is 0 Å². The Morgan fingerprint density at radius 3 is 2.82 bits per heavy atom. The number of anilines is 1. The topological polar surface area (TPSA) is 49.4 Å². The normalized spacial score (nSPS) is 16.1. The van der Waals surface area contributed by atoms with Crippen molar-refractivity contribution in [3.05, 3.63) is 27.2 Å². The Morgan fingerprint density at radius 1 is 1.41 bits per heavy atom. The summed E-state index contributed by atoms with van der Waals surface area (Å²) < 4.78 is 0.752. The fourth-order valence-corrected chi connectivity index (χ4v) is 2.45. The highest BCUT2D eigenvalue weighted by Gasteiger charge is 2.26. The molecular formula is C11H10BrClN2O2. The molecule has 0 radical (unpaired) electrons. The highest BCUT2D eigenvalue weighted by Crippen LogP contribution is 2.32. The number of amides is 2. The van der Waals surface area contributed by atoms with Gasteiger partial charge < -0.3 is 10.2 Å². The van der Waals surface area contributed by atoms with Gasteiger partial charge in [-0.25, -0.2) is 0 Å². The number of hydrogen-bond donors (Lipinski definition) is 1. The van der Waals surface area contributed by atoms with Crippen LogP contribution >= 0.6 is 27.5 Å². The van der Waals surface area contributed by atoms with E-state index in [-0.39, 0.29) is 24.9 Å². The maximum Gasteiger partial charge on any atom is 0.246 e. The molecule has 6 heteroatoms. The van der Waals surface area contributed by atoms with Crippen LogP contribution in [-0.2, 0) is 9.59 Å². The van der Waals surface area contributed by atoms with Gasteiger partial charge in [-0.3, -0.25) is 9.59 Å². The number of halogens is 2. The van der Waals surface area contributed by atoms with Gasteiger partial charge in [-0.2, -0.15) is 0 Å². The fraction of sp³-hybridized carbons (Fsp3) is 0.273. The molecule has 1 aromatic rings. The molecule has 0 saturated carbocycles. The highest BCUT2D eigenvalue weighted by atomic mass is 79.9. The molecule has 1 aliphatic heterocycles. The number of carbonyl (C=O) groups excluding carboxylic acids is 2. The van der Waals surface area contributed by atoms with Crippen LogP contribution in [0.3, 0.4) is 0 Å². The van der Waals surface area contributed by atoms with Crippen LogP contribution in [0.15, 0.2) is 16.6 Å². The molecule has 0 aromatic heterocycles. The van der Waals surface area contributed by atoms with Crippen molar-refractivity contribution in [2.75, 3.05) is 18.0 Å². The second-order valence-corrected chi connectivity index (χ2v) is 5.07. The summed E-state index contributed by atoms with van der Waals surface area (Å²) in [5.74, 6) is -0.321. The molecule has 1 aliphatic rings. The van der Waals surface area contributed by atoms with Crippen LogP contribution in [-0.4, -0.2) is 24.9 Å². The Morgan fingerprint density at radius 2 is 2.12 bits per heavy atom. The van der Waals surface area contributed by atoms with Gasteiger partial charge in [0.2, 0.25) is 11.8 Å². The van der Waals surface area contributed by atoms with Crippen molar-refractivity contribution >= 4 is 45.0 Å². The largest absolute Gasteiger partial charge is 0.345 e. The number of benzene rings is 1. The number of nitrogens with one attached hydrogen (secondary N) is 1. The van der Waals surface area contributed by atoms with Crippen molar-refractivity contribution < 1.29 is 9.59 Å². The zero-order valence-corrected chi connectivity index (χ0v) is 11.4. The van der Waals surface area contributed by atoms with E-state index in [0.29, 0.717) is 10.7 Å². The maximum absolute atomic E-state index is 11.7. The molecule has 1 saturated heterocycles. The van der Waals surface area contributed by atoms with Gasteiger partial charge in [-0.05, 0) is 40.5 Å². The standard InChI is InChI=1S/C11H10BrClN2O2/c1-6-2-7(12)9(3-8(6)13)15-5-10(16)14-4-11(15)17/h2-3H,4-5H2,1H3,(H,14,16). The number of piperazine rings is 1. The van der Waals surface area contributed by atoms with E-state index in [1.165, 1.54) is 4.90 Å². The molecule has 0 atom stereocenters. The number of rotatable bonds is 1. The zero-order valence-electron chi connectivity index (χ0n) is 9.09. The third-order valence-corrected chi connectivity index (χ3v) is 3.60. The van der Waals surface area contributed by atoms with E-state index < -0.39 is 0 Å². The molecule has 4 nitrogen and oxygen atoms in total. The van der Waals surface area contributed by atoms with E-state index in [1.54, 1.807) is 6.07 Å². The summed E-state index contributed by atoms with van der Waals surface area (Å²) in [6, 6.07) is 3.52. The Bertz CT molecular complexity index is 504. The average molecular weight is 318 g/mol. The molecule has 0 bridgehead atoms. The summed E-state index contributed by atoms with van der Waals surface area (Å²) in [6.07, 6.45) is 0. The monoisotopic (exact) mass is 316 g/mol. The molecule has 2 amide bonds. The van der Waals surface area contributed by atoms with Gasteiger partial charge in [-0.1, -0.05) is 11.6 Å². The molecule has 0 spiro atoms. The molecule has 1 heterocycles. The third kappa shape index (κ3) is 2.45. The lowest BCUT2D eigenvalue weighted by Crippen LogP contribution is -2.51. The summed E-state index contributed by atoms with van der Waals surface area (Å²) in [6.45, 7) is 1.93. The van der Waals surface area contributed by atoms with Gasteiger partial charge in [0.15, 0.2) is 0 Å². The number of nitrogens with zero attached hydrogens (tertiary/aromatic N) is 1. The van der Waals surface area contributed by atoms with Crippen LogP contribution in [0.5, 0.6) is 0 Å². The van der Waals surface area contributed by atoms with Gasteiger partial charge in [0.05, 0.1) is 12.2 Å². The Labute approximate surface area is 112 Å². The first-order chi connectivity index (χ1) is 7.99.